The summed E-state index contributed by atoms with van der Waals surface area (Å²) >= 11 is 17.2. The molecule has 0 aliphatic rings. The van der Waals surface area contributed by atoms with E-state index in [0.717, 1.165) is 15.7 Å². The number of benzene rings is 2. The second-order valence-corrected chi connectivity index (χ2v) is 8.58. The lowest BCUT2D eigenvalue weighted by Crippen LogP contribution is -1.82. The second-order valence-electron chi connectivity index (χ2n) is 6.02. The number of nitrogens with zero attached hydrogens (tertiary/aromatic N) is 2. The number of allylic oxidation sites excluding steroid dienone is 1. The maximum Gasteiger partial charge on any atom is 0.136 e. The fourth-order valence-electron chi connectivity index (χ4n) is 2.70. The molecular weight excluding hydrogens is 491 g/mol. The molecule has 0 aliphatic heterocycles. The second kappa shape index (κ2) is 8.56. The highest BCUT2D eigenvalue weighted by molar-refractivity contribution is 9.10. The van der Waals surface area contributed by atoms with Crippen LogP contribution in [0.2, 0.25) is 10.0 Å². The van der Waals surface area contributed by atoms with Crippen molar-refractivity contribution in [2.75, 3.05) is 0 Å². The van der Waals surface area contributed by atoms with Gasteiger partial charge in [-0.1, -0.05) is 57.3 Å². The summed E-state index contributed by atoms with van der Waals surface area (Å²) in [7, 11) is 0. The van der Waals surface area contributed by atoms with E-state index >= 15 is 0 Å². The van der Waals surface area contributed by atoms with Gasteiger partial charge in [0.15, 0.2) is 0 Å². The molecule has 0 amide bonds. The monoisotopic (exact) mass is 500 g/mol. The van der Waals surface area contributed by atoms with Crippen LogP contribution >= 0.6 is 50.5 Å². The molecule has 0 fully saturated rings. The number of rotatable bonds is 4. The molecule has 4 rings (SSSR count). The van der Waals surface area contributed by atoms with Crippen molar-refractivity contribution in [2.45, 2.75) is 0 Å². The van der Waals surface area contributed by atoms with Gasteiger partial charge >= 0.3 is 0 Å². The molecule has 29 heavy (non-hydrogen) atoms. The summed E-state index contributed by atoms with van der Waals surface area (Å²) in [6.07, 6.45) is 1.67. The van der Waals surface area contributed by atoms with E-state index < -0.39 is 0 Å². The molecule has 4 aromatic rings. The van der Waals surface area contributed by atoms with Crippen molar-refractivity contribution < 1.29 is 4.42 Å². The van der Waals surface area contributed by atoms with Crippen LogP contribution in [0.5, 0.6) is 0 Å². The molecule has 0 aliphatic carbocycles. The Hall–Kier alpha value is -2.36. The zero-order valence-corrected chi connectivity index (χ0v) is 18.6. The molecule has 0 atom stereocenters. The Labute approximate surface area is 190 Å². The summed E-state index contributed by atoms with van der Waals surface area (Å²) in [5, 5.41) is 13.1. The topological polar surface area (TPSA) is 49.8 Å². The molecule has 0 saturated carbocycles. The molecule has 2 aromatic carbocycles. The van der Waals surface area contributed by atoms with Gasteiger partial charge in [-0.2, -0.15) is 5.26 Å². The Morgan fingerprint density at radius 3 is 2.66 bits per heavy atom. The number of thiazole rings is 1. The van der Waals surface area contributed by atoms with E-state index in [1.165, 1.54) is 11.3 Å². The van der Waals surface area contributed by atoms with Crippen LogP contribution in [0, 0.1) is 11.3 Å². The minimum Gasteiger partial charge on any atom is -0.457 e. The first-order valence-electron chi connectivity index (χ1n) is 8.43. The van der Waals surface area contributed by atoms with Crippen molar-refractivity contribution in [1.82, 2.24) is 4.98 Å². The highest BCUT2D eigenvalue weighted by atomic mass is 79.9. The van der Waals surface area contributed by atoms with Gasteiger partial charge in [0.2, 0.25) is 0 Å². The van der Waals surface area contributed by atoms with E-state index in [0.29, 0.717) is 37.7 Å². The summed E-state index contributed by atoms with van der Waals surface area (Å²) < 4.78 is 6.87. The van der Waals surface area contributed by atoms with Gasteiger partial charge in [-0.15, -0.1) is 11.3 Å². The third-order valence-corrected chi connectivity index (χ3v) is 6.35. The van der Waals surface area contributed by atoms with Crippen molar-refractivity contribution in [2.24, 2.45) is 0 Å². The van der Waals surface area contributed by atoms with Gasteiger partial charge in [-0.05, 0) is 36.4 Å². The smallest absolute Gasteiger partial charge is 0.136 e. The predicted octanol–water partition coefficient (Wildman–Crippen LogP) is 8.20. The van der Waals surface area contributed by atoms with Crippen LogP contribution in [0.15, 0.2) is 68.9 Å². The van der Waals surface area contributed by atoms with Crippen molar-refractivity contribution in [1.29, 1.82) is 5.26 Å². The Bertz CT molecular complexity index is 1250. The van der Waals surface area contributed by atoms with E-state index in [4.69, 9.17) is 27.6 Å². The Morgan fingerprint density at radius 1 is 1.10 bits per heavy atom. The zero-order valence-electron chi connectivity index (χ0n) is 14.7. The summed E-state index contributed by atoms with van der Waals surface area (Å²) in [6, 6.07) is 19.0. The lowest BCUT2D eigenvalue weighted by atomic mass is 10.2. The molecule has 0 radical (unpaired) electrons. The Balaban J connectivity index is 1.64. The molecule has 0 saturated heterocycles. The highest BCUT2D eigenvalue weighted by Crippen LogP contribution is 2.35. The van der Waals surface area contributed by atoms with E-state index in [9.17, 15) is 5.26 Å². The number of aromatic nitrogens is 1. The van der Waals surface area contributed by atoms with E-state index in [2.05, 4.69) is 27.0 Å². The van der Waals surface area contributed by atoms with Crippen molar-refractivity contribution in [3.63, 3.8) is 0 Å². The van der Waals surface area contributed by atoms with Crippen LogP contribution in [0.25, 0.3) is 34.2 Å². The summed E-state index contributed by atoms with van der Waals surface area (Å²) in [5.74, 6) is 1.11. The van der Waals surface area contributed by atoms with Crippen LogP contribution in [-0.4, -0.2) is 4.98 Å². The van der Waals surface area contributed by atoms with Crippen LogP contribution < -0.4 is 0 Å². The van der Waals surface area contributed by atoms with Gasteiger partial charge in [0.1, 0.15) is 22.6 Å². The first kappa shape index (κ1) is 19.9. The summed E-state index contributed by atoms with van der Waals surface area (Å²) in [6.45, 7) is 0. The number of hydrogen-bond donors (Lipinski definition) is 0. The average Bonchev–Trinajstić information content (AvgIpc) is 3.39. The third kappa shape index (κ3) is 4.31. The SMILES string of the molecule is N#C/C(=C\c1ccc(-c2cccc(Cl)c2Cl)o1)c1nc(-c2ccc(Br)cc2)cs1. The molecular formula is C22H11BrCl2N2OS. The molecule has 0 N–H and O–H groups in total. The number of furan rings is 1. The molecule has 7 heteroatoms. The molecule has 2 heterocycles. The fraction of sp³-hybridized carbons (Fsp3) is 0. The number of hydrogen-bond acceptors (Lipinski definition) is 4. The van der Waals surface area contributed by atoms with Gasteiger partial charge in [-0.25, -0.2) is 4.98 Å². The standard InChI is InChI=1S/C22H11BrCl2N2OS/c23-15-6-4-13(5-7-15)19-12-29-22(27-19)14(11-26)10-16-8-9-20(28-16)17-2-1-3-18(24)21(17)25/h1-10,12H/b14-10+. The molecule has 0 bridgehead atoms. The Morgan fingerprint density at radius 2 is 1.90 bits per heavy atom. The molecule has 0 spiro atoms. The van der Waals surface area contributed by atoms with Crippen LogP contribution in [0.4, 0.5) is 0 Å². The van der Waals surface area contributed by atoms with Gasteiger partial charge < -0.3 is 4.42 Å². The lowest BCUT2D eigenvalue weighted by molar-refractivity contribution is 0.572. The van der Waals surface area contributed by atoms with Gasteiger partial charge in [0.05, 0.1) is 21.3 Å². The highest BCUT2D eigenvalue weighted by Gasteiger charge is 2.13. The number of nitriles is 1. The van der Waals surface area contributed by atoms with E-state index in [1.54, 1.807) is 24.3 Å². The van der Waals surface area contributed by atoms with Gasteiger partial charge in [0.25, 0.3) is 0 Å². The fourth-order valence-corrected chi connectivity index (χ4v) is 4.16. The van der Waals surface area contributed by atoms with Crippen LogP contribution in [0.3, 0.4) is 0 Å². The quantitative estimate of drug-likeness (QED) is 0.265. The average molecular weight is 502 g/mol. The van der Waals surface area contributed by atoms with Crippen molar-refractivity contribution >= 4 is 62.1 Å². The normalized spacial score (nSPS) is 11.4. The minimum atomic E-state index is 0.427. The van der Waals surface area contributed by atoms with Crippen molar-refractivity contribution in [3.05, 3.63) is 85.3 Å². The van der Waals surface area contributed by atoms with Crippen LogP contribution in [-0.2, 0) is 0 Å². The minimum absolute atomic E-state index is 0.427. The lowest BCUT2D eigenvalue weighted by Gasteiger charge is -2.02. The zero-order chi connectivity index (χ0) is 20.4. The summed E-state index contributed by atoms with van der Waals surface area (Å²) in [4.78, 5) is 4.60. The van der Waals surface area contributed by atoms with Crippen LogP contribution in [0.1, 0.15) is 10.8 Å². The summed E-state index contributed by atoms with van der Waals surface area (Å²) in [5.41, 5.74) is 2.94. The molecule has 3 nitrogen and oxygen atoms in total. The van der Waals surface area contributed by atoms with Crippen molar-refractivity contribution in [3.8, 4) is 28.7 Å². The predicted molar refractivity (Wildman–Crippen MR) is 123 cm³/mol. The third-order valence-electron chi connectivity index (χ3n) is 4.13. The Kier molecular flexibility index (Phi) is 5.89. The van der Waals surface area contributed by atoms with E-state index in [-0.39, 0.29) is 0 Å². The first-order chi connectivity index (χ1) is 14.0. The largest absolute Gasteiger partial charge is 0.457 e. The number of halogens is 3. The maximum absolute atomic E-state index is 9.62. The molecule has 2 aromatic heterocycles. The molecule has 0 unspecified atom stereocenters. The van der Waals surface area contributed by atoms with Gasteiger partial charge in [0, 0.05) is 27.1 Å². The first-order valence-corrected chi connectivity index (χ1v) is 10.9. The molecule has 142 valence electrons. The maximum atomic E-state index is 9.62. The van der Waals surface area contributed by atoms with E-state index in [1.807, 2.05) is 41.8 Å². The van der Waals surface area contributed by atoms with Gasteiger partial charge in [-0.3, -0.25) is 0 Å².